The third-order valence-electron chi connectivity index (χ3n) is 2.50. The molecule has 0 atom stereocenters. The highest BCUT2D eigenvalue weighted by molar-refractivity contribution is 9.10. The summed E-state index contributed by atoms with van der Waals surface area (Å²) in [5.74, 6) is -0.864. The van der Waals surface area contributed by atoms with E-state index in [2.05, 4.69) is 42.2 Å². The van der Waals surface area contributed by atoms with Gasteiger partial charge >= 0.3 is 0 Å². The van der Waals surface area contributed by atoms with E-state index in [-0.39, 0.29) is 10.0 Å². The van der Waals surface area contributed by atoms with Crippen LogP contribution in [0.3, 0.4) is 0 Å². The molecule has 0 aliphatic heterocycles. The van der Waals surface area contributed by atoms with Gasteiger partial charge < -0.3 is 5.32 Å². The lowest BCUT2D eigenvalue weighted by atomic mass is 10.2. The zero-order chi connectivity index (χ0) is 14.0. The maximum atomic E-state index is 13.4. The predicted molar refractivity (Wildman–Crippen MR) is 78.7 cm³/mol. The van der Waals surface area contributed by atoms with Gasteiger partial charge in [0.05, 0.1) is 21.4 Å². The molecular weight excluding hydrogens is 379 g/mol. The van der Waals surface area contributed by atoms with E-state index < -0.39 is 11.7 Å². The van der Waals surface area contributed by atoms with Crippen molar-refractivity contribution in [1.29, 1.82) is 0 Å². The summed E-state index contributed by atoms with van der Waals surface area (Å²) < 4.78 is 14.2. The Morgan fingerprint density at radius 1 is 1.26 bits per heavy atom. The minimum atomic E-state index is -0.474. The van der Waals surface area contributed by atoms with E-state index in [1.165, 1.54) is 12.1 Å². The molecule has 2 aromatic rings. The van der Waals surface area contributed by atoms with Crippen molar-refractivity contribution in [1.82, 2.24) is 4.98 Å². The van der Waals surface area contributed by atoms with Crippen LogP contribution in [0.5, 0.6) is 0 Å². The molecule has 0 aliphatic carbocycles. The maximum absolute atomic E-state index is 13.4. The van der Waals surface area contributed by atoms with Crippen LogP contribution in [0.1, 0.15) is 16.1 Å². The van der Waals surface area contributed by atoms with E-state index in [0.29, 0.717) is 16.0 Å². The Morgan fingerprint density at radius 3 is 2.68 bits per heavy atom. The van der Waals surface area contributed by atoms with Crippen LogP contribution in [0.15, 0.2) is 39.4 Å². The lowest BCUT2D eigenvalue weighted by Gasteiger charge is -2.09. The number of carbonyl (C=O) groups excluding carboxylic acids is 1. The Morgan fingerprint density at radius 2 is 2.00 bits per heavy atom. The van der Waals surface area contributed by atoms with Gasteiger partial charge in [-0.3, -0.25) is 4.79 Å². The number of carbonyl (C=O) groups is 1. The van der Waals surface area contributed by atoms with Crippen molar-refractivity contribution in [3.05, 3.63) is 56.5 Å². The Kier molecular flexibility index (Phi) is 4.31. The molecule has 0 spiro atoms. The zero-order valence-electron chi connectivity index (χ0n) is 9.88. The van der Waals surface area contributed by atoms with Crippen molar-refractivity contribution in [2.75, 3.05) is 5.32 Å². The topological polar surface area (TPSA) is 42.0 Å². The maximum Gasteiger partial charge on any atom is 0.256 e. The largest absolute Gasteiger partial charge is 0.320 e. The second-order valence-electron chi connectivity index (χ2n) is 3.82. The number of halogens is 3. The van der Waals surface area contributed by atoms with Crippen LogP contribution in [0.25, 0.3) is 0 Å². The van der Waals surface area contributed by atoms with Crippen LogP contribution in [0.4, 0.5) is 10.1 Å². The first-order valence-electron chi connectivity index (χ1n) is 5.37. The highest BCUT2D eigenvalue weighted by atomic mass is 79.9. The highest BCUT2D eigenvalue weighted by Crippen LogP contribution is 2.22. The summed E-state index contributed by atoms with van der Waals surface area (Å²) >= 11 is 6.31. The van der Waals surface area contributed by atoms with Crippen LogP contribution in [-0.2, 0) is 0 Å². The molecular formula is C13H9Br2FN2O. The van der Waals surface area contributed by atoms with E-state index in [1.54, 1.807) is 25.1 Å². The van der Waals surface area contributed by atoms with Crippen molar-refractivity contribution in [3.63, 3.8) is 0 Å². The summed E-state index contributed by atoms with van der Waals surface area (Å²) in [6, 6.07) is 7.78. The van der Waals surface area contributed by atoms with Crippen LogP contribution < -0.4 is 5.32 Å². The van der Waals surface area contributed by atoms with Crippen LogP contribution in [0.2, 0.25) is 0 Å². The number of benzene rings is 1. The molecule has 0 bridgehead atoms. The fourth-order valence-corrected chi connectivity index (χ4v) is 2.37. The van der Waals surface area contributed by atoms with Crippen molar-refractivity contribution in [2.45, 2.75) is 6.92 Å². The van der Waals surface area contributed by atoms with Gasteiger partial charge in [0.1, 0.15) is 10.4 Å². The second kappa shape index (κ2) is 5.79. The smallest absolute Gasteiger partial charge is 0.256 e. The minimum Gasteiger partial charge on any atom is -0.320 e. The third-order valence-corrected chi connectivity index (χ3v) is 3.74. The first kappa shape index (κ1) is 14.1. The number of amides is 1. The fraction of sp³-hybridized carbons (Fsp3) is 0.0769. The lowest BCUT2D eigenvalue weighted by molar-refractivity contribution is 0.102. The van der Waals surface area contributed by atoms with Crippen LogP contribution in [-0.4, -0.2) is 10.9 Å². The Hall–Kier alpha value is -1.27. The van der Waals surface area contributed by atoms with Gasteiger partial charge in [-0.2, -0.15) is 0 Å². The lowest BCUT2D eigenvalue weighted by Crippen LogP contribution is -2.14. The van der Waals surface area contributed by atoms with Gasteiger partial charge in [-0.25, -0.2) is 9.37 Å². The molecule has 98 valence electrons. The first-order valence-corrected chi connectivity index (χ1v) is 6.96. The van der Waals surface area contributed by atoms with Crippen molar-refractivity contribution in [3.8, 4) is 0 Å². The summed E-state index contributed by atoms with van der Waals surface area (Å²) in [6.07, 6.45) is 0. The molecule has 2 rings (SSSR count). The normalized spacial score (nSPS) is 10.3. The molecule has 0 fully saturated rings. The molecule has 1 heterocycles. The third kappa shape index (κ3) is 3.19. The van der Waals surface area contributed by atoms with Gasteiger partial charge in [0.2, 0.25) is 0 Å². The van der Waals surface area contributed by atoms with Crippen LogP contribution >= 0.6 is 31.9 Å². The molecule has 0 saturated carbocycles. The van der Waals surface area contributed by atoms with Crippen molar-refractivity contribution >= 4 is 43.5 Å². The quantitative estimate of drug-likeness (QED) is 0.780. The van der Waals surface area contributed by atoms with Gasteiger partial charge in [0.25, 0.3) is 5.91 Å². The fourth-order valence-electron chi connectivity index (χ4n) is 1.53. The van der Waals surface area contributed by atoms with Gasteiger partial charge in [0, 0.05) is 0 Å². The van der Waals surface area contributed by atoms with Gasteiger partial charge in [-0.1, -0.05) is 6.07 Å². The Labute approximate surface area is 126 Å². The van der Waals surface area contributed by atoms with E-state index in [4.69, 9.17) is 0 Å². The van der Waals surface area contributed by atoms with Gasteiger partial charge in [-0.05, 0) is 63.0 Å². The highest BCUT2D eigenvalue weighted by Gasteiger charge is 2.14. The molecule has 6 heteroatoms. The molecule has 1 N–H and O–H groups in total. The molecule has 0 radical (unpaired) electrons. The van der Waals surface area contributed by atoms with E-state index >= 15 is 0 Å². The first-order chi connectivity index (χ1) is 8.99. The number of hydrogen-bond donors (Lipinski definition) is 1. The summed E-state index contributed by atoms with van der Waals surface area (Å²) in [5.41, 5.74) is 1.50. The summed E-state index contributed by atoms with van der Waals surface area (Å²) in [5, 5.41) is 2.70. The number of nitrogens with one attached hydrogen (secondary N) is 1. The van der Waals surface area contributed by atoms with Crippen LogP contribution in [0, 0.1) is 12.7 Å². The number of hydrogen-bond acceptors (Lipinski definition) is 2. The molecule has 1 amide bonds. The standard InChI is InChI=1S/C13H9Br2FN2O/c1-7-10(5-6-11(14)17-7)18-13(19)8-3-2-4-9(16)12(8)15/h2-6H,1H3,(H,18,19). The number of pyridine rings is 1. The molecule has 0 unspecified atom stereocenters. The Bertz CT molecular complexity index is 647. The molecule has 3 nitrogen and oxygen atoms in total. The predicted octanol–water partition coefficient (Wildman–Crippen LogP) is 4.31. The second-order valence-corrected chi connectivity index (χ2v) is 5.43. The summed E-state index contributed by atoms with van der Waals surface area (Å²) in [6.45, 7) is 1.78. The van der Waals surface area contributed by atoms with Crippen molar-refractivity contribution < 1.29 is 9.18 Å². The zero-order valence-corrected chi connectivity index (χ0v) is 13.0. The minimum absolute atomic E-state index is 0.148. The summed E-state index contributed by atoms with van der Waals surface area (Å²) in [7, 11) is 0. The average molecular weight is 388 g/mol. The molecule has 0 aliphatic rings. The SMILES string of the molecule is Cc1nc(Br)ccc1NC(=O)c1cccc(F)c1Br. The molecule has 0 saturated heterocycles. The number of aryl methyl sites for hydroxylation is 1. The van der Waals surface area contributed by atoms with E-state index in [9.17, 15) is 9.18 Å². The van der Waals surface area contributed by atoms with Crippen molar-refractivity contribution in [2.24, 2.45) is 0 Å². The molecule has 19 heavy (non-hydrogen) atoms. The Balaban J connectivity index is 2.28. The van der Waals surface area contributed by atoms with E-state index in [0.717, 1.165) is 0 Å². The molecule has 1 aromatic carbocycles. The number of rotatable bonds is 2. The number of aromatic nitrogens is 1. The number of anilines is 1. The summed E-state index contributed by atoms with van der Waals surface area (Å²) in [4.78, 5) is 16.3. The average Bonchev–Trinajstić information content (AvgIpc) is 2.36. The van der Waals surface area contributed by atoms with E-state index in [1.807, 2.05) is 0 Å². The monoisotopic (exact) mass is 386 g/mol. The molecule has 1 aromatic heterocycles. The van der Waals surface area contributed by atoms with Gasteiger partial charge in [0.15, 0.2) is 0 Å². The number of nitrogens with zero attached hydrogens (tertiary/aromatic N) is 1. The van der Waals surface area contributed by atoms with Gasteiger partial charge in [-0.15, -0.1) is 0 Å².